The van der Waals surface area contributed by atoms with Crippen LogP contribution in [-0.2, 0) is 37.7 Å². The van der Waals surface area contributed by atoms with E-state index < -0.39 is 133 Å². The second-order valence-electron chi connectivity index (χ2n) is 21.7. The van der Waals surface area contributed by atoms with Crippen molar-refractivity contribution in [2.75, 3.05) is 50.1 Å². The zero-order valence-corrected chi connectivity index (χ0v) is 48.3. The van der Waals surface area contributed by atoms with Gasteiger partial charge in [-0.1, -0.05) is 59.8 Å². The number of nitrogens with one attached hydrogen (secondary N) is 2. The summed E-state index contributed by atoms with van der Waals surface area (Å²) in [5.41, 5.74) is -4.21. The van der Waals surface area contributed by atoms with Crippen molar-refractivity contribution in [3.05, 3.63) is 69.6 Å². The molecular weight excluding hydrogens is 1100 g/mol. The fraction of sp³-hybridized carbons (Fsp3) is 0.519. The molecule has 4 heterocycles. The molecule has 27 heteroatoms. The summed E-state index contributed by atoms with van der Waals surface area (Å²) in [6.07, 6.45) is 0.0967. The number of rotatable bonds is 11. The number of allylic oxidation sites excluding steroid dienone is 2. The third kappa shape index (κ3) is 13.0. The maximum absolute atomic E-state index is 15.0. The molecule has 0 saturated carbocycles. The number of phenols is 2. The maximum Gasteiger partial charge on any atom is 0.360 e. The Morgan fingerprint density at radius 1 is 0.914 bits per heavy atom. The molecule has 0 unspecified atom stereocenters. The zero-order chi connectivity index (χ0) is 60.0. The molecule has 10 N–H and O–H groups in total. The first-order chi connectivity index (χ1) is 37.8. The number of anilines is 2. The van der Waals surface area contributed by atoms with Crippen LogP contribution in [0.15, 0.2) is 57.5 Å². The summed E-state index contributed by atoms with van der Waals surface area (Å²) < 4.78 is 54.1. The molecule has 0 aromatic heterocycles. The molecule has 81 heavy (non-hydrogen) atoms. The number of amides is 2. The van der Waals surface area contributed by atoms with Gasteiger partial charge in [-0.15, -0.1) is 0 Å². The number of Topliss-reactive ketones (excluding diaryl/α,β-unsaturated/α-hetero) is 1. The van der Waals surface area contributed by atoms with E-state index in [4.69, 9.17) is 28.3 Å². The smallest absolute Gasteiger partial charge is 0.360 e. The van der Waals surface area contributed by atoms with Crippen LogP contribution in [0.3, 0.4) is 0 Å². The third-order valence-electron chi connectivity index (χ3n) is 15.2. The van der Waals surface area contributed by atoms with Crippen molar-refractivity contribution >= 4 is 72.0 Å². The number of fused-ring (bicyclic) bond motifs is 2. The molecule has 1 aliphatic carbocycles. The van der Waals surface area contributed by atoms with Crippen LogP contribution in [0, 0.1) is 36.5 Å². The van der Waals surface area contributed by atoms with Gasteiger partial charge in [0.05, 0.1) is 41.9 Å². The summed E-state index contributed by atoms with van der Waals surface area (Å²) in [5.74, 6) is -10.9. The van der Waals surface area contributed by atoms with Crippen molar-refractivity contribution in [3.63, 3.8) is 0 Å². The van der Waals surface area contributed by atoms with Gasteiger partial charge in [-0.05, 0) is 25.8 Å². The Labute approximate surface area is 466 Å². The molecule has 2 aromatic rings. The lowest BCUT2D eigenvalue weighted by molar-refractivity contribution is -0.164. The van der Waals surface area contributed by atoms with Gasteiger partial charge >= 0.3 is 26.9 Å². The Morgan fingerprint density at radius 2 is 1.57 bits per heavy atom. The first kappa shape index (κ1) is 62.4. The van der Waals surface area contributed by atoms with Gasteiger partial charge in [-0.25, -0.2) is 4.98 Å². The Kier molecular flexibility index (Phi) is 18.7. The number of nitrogens with zero attached hydrogens (tertiary/aromatic N) is 3. The molecule has 1 fully saturated rings. The molecule has 7 rings (SSSR count). The molecule has 5 aliphatic rings. The summed E-state index contributed by atoms with van der Waals surface area (Å²) in [6.45, 7) is 18.4. The highest BCUT2D eigenvalue weighted by molar-refractivity contribution is 7.70. The Balaban J connectivity index is 1.32. The molecule has 1 saturated heterocycles. The molecule has 0 radical (unpaired) electrons. The first-order valence-corrected chi connectivity index (χ1v) is 29.7. The Morgan fingerprint density at radius 3 is 2.19 bits per heavy atom. The topological polar surface area (TPSA) is 375 Å². The second-order valence-corrected chi connectivity index (χ2v) is 25.5. The van der Waals surface area contributed by atoms with Crippen molar-refractivity contribution in [2.24, 2.45) is 29.6 Å². The predicted octanol–water partition coefficient (Wildman–Crippen LogP) is 4.95. The second kappa shape index (κ2) is 24.3. The average molecular weight is 1170 g/mol. The molecule has 25 nitrogen and oxygen atoms in total. The lowest BCUT2D eigenvalue weighted by Gasteiger charge is -2.38. The van der Waals surface area contributed by atoms with Crippen LogP contribution in [0.2, 0.25) is 0 Å². The number of hydrogen-bond acceptors (Lipinski definition) is 19. The number of aromatic hydroxyl groups is 2. The van der Waals surface area contributed by atoms with E-state index in [-0.39, 0.29) is 56.1 Å². The molecule has 442 valence electrons. The van der Waals surface area contributed by atoms with Gasteiger partial charge in [0.2, 0.25) is 16.9 Å². The zero-order valence-electron chi connectivity index (χ0n) is 46.5. The number of aromatic nitrogens is 1. The number of aliphatic hydroxyl groups is 2. The first-order valence-electron chi connectivity index (χ1n) is 26.3. The number of benzene rings is 3. The van der Waals surface area contributed by atoms with Gasteiger partial charge in [-0.3, -0.25) is 38.0 Å². The number of phenolic OH excluding ortho intramolecular Hbond substituents is 2. The van der Waals surface area contributed by atoms with Gasteiger partial charge in [-0.2, -0.15) is 0 Å². The van der Waals surface area contributed by atoms with Crippen molar-refractivity contribution in [1.82, 2.24) is 15.2 Å². The highest BCUT2D eigenvalue weighted by atomic mass is 31.2. The van der Waals surface area contributed by atoms with Crippen LogP contribution in [0.5, 0.6) is 17.2 Å². The highest BCUT2D eigenvalue weighted by Gasteiger charge is 2.51. The van der Waals surface area contributed by atoms with E-state index in [9.17, 15) is 73.1 Å². The summed E-state index contributed by atoms with van der Waals surface area (Å²) in [7, 11) is -9.84. The van der Waals surface area contributed by atoms with E-state index in [0.717, 1.165) is 25.9 Å². The van der Waals surface area contributed by atoms with Gasteiger partial charge in [0, 0.05) is 111 Å². The maximum atomic E-state index is 15.0. The Hall–Kier alpha value is -6.24. The van der Waals surface area contributed by atoms with Crippen molar-refractivity contribution in [1.29, 1.82) is 0 Å². The lowest BCUT2D eigenvalue weighted by Crippen LogP contribution is -2.47. The van der Waals surface area contributed by atoms with Gasteiger partial charge in [0.1, 0.15) is 40.3 Å². The molecule has 2 amide bonds. The number of carbonyl (C=O) groups excluding carboxylic acids is 4. The number of ether oxygens (including phenoxy) is 4. The van der Waals surface area contributed by atoms with Gasteiger partial charge < -0.3 is 78.9 Å². The summed E-state index contributed by atoms with van der Waals surface area (Å²) in [4.78, 5) is 117. The van der Waals surface area contributed by atoms with Crippen LogP contribution in [0.1, 0.15) is 84.2 Å². The third-order valence-corrected chi connectivity index (χ3v) is 18.6. The average Bonchev–Trinajstić information content (AvgIpc) is 3.68. The van der Waals surface area contributed by atoms with Crippen molar-refractivity contribution in [2.45, 2.75) is 111 Å². The molecule has 4 aliphatic heterocycles. The van der Waals surface area contributed by atoms with Gasteiger partial charge in [0.25, 0.3) is 11.7 Å². The molecule has 0 spiro atoms. The number of aliphatic hydroxyl groups excluding tert-OH is 2. The van der Waals surface area contributed by atoms with E-state index in [0.29, 0.717) is 24.7 Å². The standard InChI is InChI=1S/C54H71N5O20P2/c1-25(2)24-58-17-19-59(20-18-58)32-22-33(60)41-35(23-32)77-50-42(56-41)38-39-46(65)31(8)49-40(38)51(67)54(9,79-49)76-21-16-34(75-10)28(5)48(78-37(62)15-14-36(61)55-53(80(69,70)71)81(72,73)74)30(7)45(64)29(6)44(63)26(3)12-11-13-27(4)52(68)57-43(50)47(39)66/h11-13,16,21-23,25-26,28-30,34,44-45,48,53,60,63-65H,14-15,17-20,24H2,1-10H3,(H,55,61)(H,57,68)(H2,69,70,71)(H2,72,73,74)/b12-11+,21-16+,27-13-/t26-,28+,29+,30+,34-,44-,45+,48+,54-/m0/s1. The summed E-state index contributed by atoms with van der Waals surface area (Å²) >= 11 is 0. The number of methoxy groups -OCH3 is 1. The minimum absolute atomic E-state index is 0.0241. The fourth-order valence-corrected chi connectivity index (χ4v) is 12.8. The molecule has 4 bridgehead atoms. The largest absolute Gasteiger partial charge is 0.507 e. The number of piperazine rings is 1. The van der Waals surface area contributed by atoms with E-state index in [1.165, 1.54) is 59.1 Å². The minimum atomic E-state index is -5.57. The highest BCUT2D eigenvalue weighted by Crippen LogP contribution is 2.58. The quantitative estimate of drug-likeness (QED) is 0.0411. The van der Waals surface area contributed by atoms with Crippen molar-refractivity contribution in [3.8, 4) is 28.7 Å². The number of esters is 1. The Bertz CT molecular complexity index is 3300. The van der Waals surface area contributed by atoms with E-state index in [1.807, 2.05) is 0 Å². The van der Waals surface area contributed by atoms with Crippen LogP contribution >= 0.6 is 15.2 Å². The fourth-order valence-electron chi connectivity index (χ4n) is 10.6. The summed E-state index contributed by atoms with van der Waals surface area (Å²) in [6, 6.07) is 3.19. The van der Waals surface area contributed by atoms with Gasteiger partial charge in [0.15, 0.2) is 11.3 Å². The van der Waals surface area contributed by atoms with Crippen LogP contribution in [-0.4, -0.2) is 149 Å². The number of hydrogen-bond donors (Lipinski definition) is 10. The molecule has 9 atom stereocenters. The van der Waals surface area contributed by atoms with E-state index in [2.05, 4.69) is 29.0 Å². The summed E-state index contributed by atoms with van der Waals surface area (Å²) in [5, 5.41) is 50.7. The molecular formula is C54H71N5O20P2. The monoisotopic (exact) mass is 1170 g/mol. The van der Waals surface area contributed by atoms with Crippen LogP contribution < -0.4 is 25.7 Å². The predicted molar refractivity (Wildman–Crippen MR) is 296 cm³/mol. The molecule has 2 aromatic carbocycles. The number of ketones is 1. The minimum Gasteiger partial charge on any atom is -0.507 e. The van der Waals surface area contributed by atoms with Crippen LogP contribution in [0.25, 0.3) is 33.3 Å². The SMILES string of the molecule is CO[C@H]1/C=C/O[C@@]2(C)Oc3c(C)c(O)c4c(=O)c(c5oc6cc(N7CCN(CC(C)C)CC7)cc(O)c6nc-5c4c3C2=O)NC(=O)/C(C)=C\C=C\[C@H](C)[C@H](O)[C@@H](C)[C@@H](O)[C@@H](C)[C@H](OC(=O)CCC(=O)NC(P(=O)(O)O)P(=O)(O)O)[C@@H]1C. The lowest BCUT2D eigenvalue weighted by atomic mass is 9.78. The van der Waals surface area contributed by atoms with Crippen LogP contribution in [0.4, 0.5) is 11.4 Å². The van der Waals surface area contributed by atoms with E-state index >= 15 is 0 Å². The van der Waals surface area contributed by atoms with E-state index in [1.54, 1.807) is 38.2 Å². The van der Waals surface area contributed by atoms with Crippen molar-refractivity contribution < 1.29 is 91.7 Å². The number of carbonyl (C=O) groups is 4. The normalized spacial score (nSPS) is 27.1.